The van der Waals surface area contributed by atoms with Gasteiger partial charge in [0, 0.05) is 13.0 Å². The lowest BCUT2D eigenvalue weighted by atomic mass is 9.98. The fourth-order valence-corrected chi connectivity index (χ4v) is 1.98. The molecule has 10 heavy (non-hydrogen) atoms. The number of allylic oxidation sites excluding steroid dienone is 1. The summed E-state index contributed by atoms with van der Waals surface area (Å²) >= 11 is 0. The SMILES string of the molecule is COC12CCC(C)=CC1C2. The minimum Gasteiger partial charge on any atom is -0.378 e. The molecule has 0 N–H and O–H groups in total. The van der Waals surface area contributed by atoms with Crippen molar-refractivity contribution in [2.75, 3.05) is 7.11 Å². The highest BCUT2D eigenvalue weighted by Crippen LogP contribution is 2.54. The maximum atomic E-state index is 5.46. The second kappa shape index (κ2) is 1.85. The molecule has 1 fully saturated rings. The third-order valence-electron chi connectivity index (χ3n) is 2.92. The highest BCUT2D eigenvalue weighted by molar-refractivity contribution is 5.23. The highest BCUT2D eigenvalue weighted by Gasteiger charge is 2.54. The molecule has 1 nitrogen and oxygen atoms in total. The van der Waals surface area contributed by atoms with E-state index >= 15 is 0 Å². The number of methoxy groups -OCH3 is 1. The van der Waals surface area contributed by atoms with Gasteiger partial charge in [-0.25, -0.2) is 0 Å². The van der Waals surface area contributed by atoms with Gasteiger partial charge in [-0.15, -0.1) is 0 Å². The van der Waals surface area contributed by atoms with E-state index in [1.54, 1.807) is 5.57 Å². The van der Waals surface area contributed by atoms with Crippen LogP contribution in [0.4, 0.5) is 0 Å². The summed E-state index contributed by atoms with van der Waals surface area (Å²) < 4.78 is 5.46. The molecule has 1 saturated carbocycles. The number of ether oxygens (including phenoxy) is 1. The van der Waals surface area contributed by atoms with Gasteiger partial charge < -0.3 is 4.74 Å². The minimum atomic E-state index is 0.291. The molecule has 0 saturated heterocycles. The molecule has 2 unspecified atom stereocenters. The number of fused-ring (bicyclic) bond motifs is 1. The largest absolute Gasteiger partial charge is 0.378 e. The predicted octanol–water partition coefficient (Wildman–Crippen LogP) is 2.13. The zero-order chi connectivity index (χ0) is 7.19. The lowest BCUT2D eigenvalue weighted by molar-refractivity contribution is 0.0610. The summed E-state index contributed by atoms with van der Waals surface area (Å²) in [6, 6.07) is 0. The lowest BCUT2D eigenvalue weighted by Gasteiger charge is -2.18. The Labute approximate surface area is 62.1 Å². The fourth-order valence-electron chi connectivity index (χ4n) is 1.98. The zero-order valence-electron chi connectivity index (χ0n) is 6.68. The first-order valence-corrected chi connectivity index (χ1v) is 3.99. The summed E-state index contributed by atoms with van der Waals surface area (Å²) in [5.74, 6) is 0.756. The van der Waals surface area contributed by atoms with E-state index in [4.69, 9.17) is 4.74 Å². The van der Waals surface area contributed by atoms with E-state index in [1.807, 2.05) is 7.11 Å². The van der Waals surface area contributed by atoms with Crippen LogP contribution in [0.2, 0.25) is 0 Å². The summed E-state index contributed by atoms with van der Waals surface area (Å²) in [5.41, 5.74) is 1.84. The van der Waals surface area contributed by atoms with Crippen LogP contribution in [0, 0.1) is 5.92 Å². The molecule has 2 aliphatic rings. The standard InChI is InChI=1S/C9H14O/c1-7-3-4-9(10-2)6-8(9)5-7/h5,8H,3-4,6H2,1-2H3. The molecule has 1 heteroatoms. The van der Waals surface area contributed by atoms with Crippen LogP contribution in [-0.2, 0) is 4.74 Å². The zero-order valence-corrected chi connectivity index (χ0v) is 6.68. The molecular formula is C9H14O. The summed E-state index contributed by atoms with van der Waals surface area (Å²) in [6.07, 6.45) is 6.13. The van der Waals surface area contributed by atoms with Gasteiger partial charge in [-0.1, -0.05) is 11.6 Å². The second-order valence-electron chi connectivity index (χ2n) is 3.59. The van der Waals surface area contributed by atoms with Gasteiger partial charge in [-0.2, -0.15) is 0 Å². The lowest BCUT2D eigenvalue weighted by Crippen LogP contribution is -2.17. The smallest absolute Gasteiger partial charge is 0.0751 e. The first-order valence-electron chi connectivity index (χ1n) is 3.99. The Morgan fingerprint density at radius 2 is 2.50 bits per heavy atom. The van der Waals surface area contributed by atoms with Crippen LogP contribution in [0.15, 0.2) is 11.6 Å². The maximum Gasteiger partial charge on any atom is 0.0751 e. The van der Waals surface area contributed by atoms with Crippen molar-refractivity contribution in [1.82, 2.24) is 0 Å². The number of hydrogen-bond donors (Lipinski definition) is 0. The van der Waals surface area contributed by atoms with Crippen molar-refractivity contribution in [2.24, 2.45) is 5.92 Å². The molecule has 0 bridgehead atoms. The van der Waals surface area contributed by atoms with Crippen molar-refractivity contribution in [1.29, 1.82) is 0 Å². The van der Waals surface area contributed by atoms with Crippen molar-refractivity contribution in [3.63, 3.8) is 0 Å². The second-order valence-corrected chi connectivity index (χ2v) is 3.59. The molecule has 0 heterocycles. The average Bonchev–Trinajstić information content (AvgIpc) is 2.62. The molecule has 2 atom stereocenters. The van der Waals surface area contributed by atoms with E-state index in [0.717, 1.165) is 5.92 Å². The number of hydrogen-bond acceptors (Lipinski definition) is 1. The predicted molar refractivity (Wildman–Crippen MR) is 40.8 cm³/mol. The van der Waals surface area contributed by atoms with Crippen molar-refractivity contribution in [3.05, 3.63) is 11.6 Å². The normalized spacial score (nSPS) is 44.2. The van der Waals surface area contributed by atoms with Crippen LogP contribution in [0.25, 0.3) is 0 Å². The highest BCUT2D eigenvalue weighted by atomic mass is 16.5. The summed E-state index contributed by atoms with van der Waals surface area (Å²) in [6.45, 7) is 2.22. The van der Waals surface area contributed by atoms with E-state index < -0.39 is 0 Å². The molecule has 0 aromatic carbocycles. The Hall–Kier alpha value is -0.300. The van der Waals surface area contributed by atoms with E-state index in [-0.39, 0.29) is 0 Å². The van der Waals surface area contributed by atoms with E-state index in [9.17, 15) is 0 Å². The first-order chi connectivity index (χ1) is 4.77. The quantitative estimate of drug-likeness (QED) is 0.504. The minimum absolute atomic E-state index is 0.291. The summed E-state index contributed by atoms with van der Waals surface area (Å²) in [7, 11) is 1.84. The molecular weight excluding hydrogens is 124 g/mol. The maximum absolute atomic E-state index is 5.46. The van der Waals surface area contributed by atoms with Crippen LogP contribution in [-0.4, -0.2) is 12.7 Å². The van der Waals surface area contributed by atoms with Crippen molar-refractivity contribution >= 4 is 0 Å². The van der Waals surface area contributed by atoms with Crippen LogP contribution in [0.3, 0.4) is 0 Å². The third kappa shape index (κ3) is 0.734. The summed E-state index contributed by atoms with van der Waals surface area (Å²) in [5, 5.41) is 0. The number of rotatable bonds is 1. The molecule has 0 amide bonds. The molecule has 0 spiro atoms. The van der Waals surface area contributed by atoms with Gasteiger partial charge in [-0.3, -0.25) is 0 Å². The molecule has 0 aromatic heterocycles. The van der Waals surface area contributed by atoms with Crippen LogP contribution in [0.1, 0.15) is 26.2 Å². The third-order valence-corrected chi connectivity index (χ3v) is 2.92. The molecule has 2 aliphatic carbocycles. The van der Waals surface area contributed by atoms with Gasteiger partial charge in [0.2, 0.25) is 0 Å². The van der Waals surface area contributed by atoms with Gasteiger partial charge >= 0.3 is 0 Å². The van der Waals surface area contributed by atoms with Crippen LogP contribution >= 0.6 is 0 Å². The Bertz CT molecular complexity index is 183. The molecule has 0 aliphatic heterocycles. The van der Waals surface area contributed by atoms with Crippen LogP contribution in [0.5, 0.6) is 0 Å². The monoisotopic (exact) mass is 138 g/mol. The molecule has 0 radical (unpaired) electrons. The molecule has 0 aromatic rings. The van der Waals surface area contributed by atoms with Crippen molar-refractivity contribution in [3.8, 4) is 0 Å². The topological polar surface area (TPSA) is 9.23 Å². The molecule has 2 rings (SSSR count). The first kappa shape index (κ1) is 6.41. The van der Waals surface area contributed by atoms with Gasteiger partial charge in [0.1, 0.15) is 0 Å². The van der Waals surface area contributed by atoms with Crippen molar-refractivity contribution in [2.45, 2.75) is 31.8 Å². The van der Waals surface area contributed by atoms with E-state index in [1.165, 1.54) is 19.3 Å². The van der Waals surface area contributed by atoms with E-state index in [0.29, 0.717) is 5.60 Å². The Kier molecular flexibility index (Phi) is 1.19. The average molecular weight is 138 g/mol. The van der Waals surface area contributed by atoms with Gasteiger partial charge in [0.15, 0.2) is 0 Å². The Balaban J connectivity index is 2.14. The van der Waals surface area contributed by atoms with Crippen molar-refractivity contribution < 1.29 is 4.74 Å². The Morgan fingerprint density at radius 1 is 1.70 bits per heavy atom. The van der Waals surface area contributed by atoms with Crippen LogP contribution < -0.4 is 0 Å². The molecule has 56 valence electrons. The summed E-state index contributed by atoms with van der Waals surface area (Å²) in [4.78, 5) is 0. The Morgan fingerprint density at radius 3 is 3.10 bits per heavy atom. The van der Waals surface area contributed by atoms with Gasteiger partial charge in [-0.05, 0) is 26.2 Å². The van der Waals surface area contributed by atoms with Gasteiger partial charge in [0.05, 0.1) is 5.60 Å². The van der Waals surface area contributed by atoms with E-state index in [2.05, 4.69) is 13.0 Å². The van der Waals surface area contributed by atoms with Gasteiger partial charge in [0.25, 0.3) is 0 Å². The fraction of sp³-hybridized carbons (Fsp3) is 0.778.